The van der Waals surface area contributed by atoms with E-state index >= 15 is 0 Å². The van der Waals surface area contributed by atoms with Crippen LogP contribution >= 0.6 is 22.6 Å². The first-order valence-electron chi connectivity index (χ1n) is 11.6. The van der Waals surface area contributed by atoms with Gasteiger partial charge in [-0.3, -0.25) is 0 Å². The van der Waals surface area contributed by atoms with Crippen molar-refractivity contribution in [3.8, 4) is 0 Å². The third kappa shape index (κ3) is 2.13. The van der Waals surface area contributed by atoms with Gasteiger partial charge in [-0.05, 0) is 105 Å². The van der Waals surface area contributed by atoms with E-state index in [1.807, 2.05) is 0 Å². The molecule has 26 heavy (non-hydrogen) atoms. The molecular weight excluding hydrogens is 431 g/mol. The van der Waals surface area contributed by atoms with Crippen LogP contribution in [0.5, 0.6) is 0 Å². The van der Waals surface area contributed by atoms with E-state index in [2.05, 4.69) is 50.3 Å². The number of alkyl halides is 1. The minimum atomic E-state index is 0.578. The number of hydrogen-bond acceptors (Lipinski definition) is 1. The topological polar surface area (TPSA) is 9.23 Å². The predicted molar refractivity (Wildman–Crippen MR) is 116 cm³/mol. The minimum Gasteiger partial charge on any atom is -0.378 e. The van der Waals surface area contributed by atoms with Crippen LogP contribution in [-0.2, 0) is 4.74 Å². The van der Waals surface area contributed by atoms with E-state index in [1.165, 1.54) is 55.8 Å². The number of ether oxygens (including phenoxy) is 1. The SMILES string of the molecule is CCO[C@@H]1C[C@H]2[C@@H]3CC[C@H]([C@H](C)CI)[C@@]3(C)CC[C@@H]2[C@@]2(C)CC[C@@H]3C[C@]312. The standard InChI is InChI=1S/C24H39IO/c1-5-26-21-12-17-19-7-6-18(15(2)14-25)22(19,3)10-9-20(17)23(4)11-8-16-13-24(16,21)23/h15-21H,5-14H2,1-4H3/t15-,16-,17+,18-,19+,20+,21-,22-,23-,24+/m1/s1. The maximum Gasteiger partial charge on any atom is 0.0642 e. The highest BCUT2D eigenvalue weighted by atomic mass is 127. The van der Waals surface area contributed by atoms with Crippen LogP contribution < -0.4 is 0 Å². The van der Waals surface area contributed by atoms with Gasteiger partial charge >= 0.3 is 0 Å². The van der Waals surface area contributed by atoms with Crippen molar-refractivity contribution in [2.75, 3.05) is 11.0 Å². The van der Waals surface area contributed by atoms with Crippen molar-refractivity contribution in [2.24, 2.45) is 51.8 Å². The van der Waals surface area contributed by atoms with Gasteiger partial charge in [0.15, 0.2) is 0 Å². The molecule has 5 rings (SSSR count). The first-order valence-corrected chi connectivity index (χ1v) is 13.1. The van der Waals surface area contributed by atoms with Crippen LogP contribution in [0, 0.1) is 51.8 Å². The fraction of sp³-hybridized carbons (Fsp3) is 1.00. The zero-order chi connectivity index (χ0) is 18.3. The van der Waals surface area contributed by atoms with Crippen LogP contribution in [0.1, 0.15) is 79.1 Å². The lowest BCUT2D eigenvalue weighted by molar-refractivity contribution is -0.167. The molecule has 0 heterocycles. The van der Waals surface area contributed by atoms with Crippen molar-refractivity contribution in [3.05, 3.63) is 0 Å². The number of halogens is 1. The third-order valence-electron chi connectivity index (χ3n) is 10.9. The Labute approximate surface area is 174 Å². The van der Waals surface area contributed by atoms with Crippen molar-refractivity contribution < 1.29 is 4.74 Å². The summed E-state index contributed by atoms with van der Waals surface area (Å²) in [7, 11) is 0. The van der Waals surface area contributed by atoms with Crippen LogP contribution in [0.4, 0.5) is 0 Å². The van der Waals surface area contributed by atoms with Crippen LogP contribution in [0.25, 0.3) is 0 Å². The van der Waals surface area contributed by atoms with Gasteiger partial charge in [0.1, 0.15) is 0 Å². The lowest BCUT2D eigenvalue weighted by atomic mass is 9.45. The molecule has 5 aliphatic rings. The molecule has 0 aromatic heterocycles. The number of hydrogen-bond donors (Lipinski definition) is 0. The zero-order valence-corrected chi connectivity index (χ0v) is 19.6. The molecule has 0 radical (unpaired) electrons. The molecule has 1 spiro atoms. The van der Waals surface area contributed by atoms with Crippen molar-refractivity contribution >= 4 is 22.6 Å². The van der Waals surface area contributed by atoms with Gasteiger partial charge in [0.05, 0.1) is 6.10 Å². The molecular formula is C24H39IO. The Hall–Kier alpha value is 0.690. The minimum absolute atomic E-state index is 0.578. The lowest BCUT2D eigenvalue weighted by Crippen LogP contribution is -2.57. The van der Waals surface area contributed by atoms with E-state index < -0.39 is 0 Å². The summed E-state index contributed by atoms with van der Waals surface area (Å²) in [5.74, 6) is 5.80. The molecule has 5 aliphatic carbocycles. The normalized spacial score (nSPS) is 58.5. The average molecular weight is 470 g/mol. The van der Waals surface area contributed by atoms with Crippen LogP contribution in [0.3, 0.4) is 0 Å². The fourth-order valence-corrected chi connectivity index (χ4v) is 10.4. The maximum atomic E-state index is 6.53. The molecule has 0 aromatic carbocycles. The summed E-state index contributed by atoms with van der Waals surface area (Å²) in [4.78, 5) is 0. The Kier molecular flexibility index (Phi) is 4.38. The van der Waals surface area contributed by atoms with Gasteiger partial charge in [0.2, 0.25) is 0 Å². The Morgan fingerprint density at radius 2 is 1.88 bits per heavy atom. The molecule has 0 amide bonds. The molecule has 0 saturated heterocycles. The largest absolute Gasteiger partial charge is 0.378 e. The van der Waals surface area contributed by atoms with Gasteiger partial charge in [-0.2, -0.15) is 0 Å². The number of rotatable bonds is 4. The lowest BCUT2D eigenvalue weighted by Gasteiger charge is -2.61. The molecule has 5 saturated carbocycles. The smallest absolute Gasteiger partial charge is 0.0642 e. The summed E-state index contributed by atoms with van der Waals surface area (Å²) in [6, 6.07) is 0. The summed E-state index contributed by atoms with van der Waals surface area (Å²) >= 11 is 2.63. The molecule has 0 bridgehead atoms. The predicted octanol–water partition coefficient (Wildman–Crippen LogP) is 6.73. The van der Waals surface area contributed by atoms with Crippen molar-refractivity contribution in [2.45, 2.75) is 85.2 Å². The number of fused-ring (bicyclic) bond motifs is 4. The maximum absolute atomic E-state index is 6.53. The monoisotopic (exact) mass is 470 g/mol. The highest BCUT2D eigenvalue weighted by molar-refractivity contribution is 14.1. The Bertz CT molecular complexity index is 577. The van der Waals surface area contributed by atoms with Gasteiger partial charge in [-0.25, -0.2) is 0 Å². The first kappa shape index (κ1) is 18.7. The van der Waals surface area contributed by atoms with Gasteiger partial charge in [0, 0.05) is 16.4 Å². The van der Waals surface area contributed by atoms with Crippen LogP contribution in [0.2, 0.25) is 0 Å². The first-order chi connectivity index (χ1) is 12.4. The zero-order valence-electron chi connectivity index (χ0n) is 17.4. The summed E-state index contributed by atoms with van der Waals surface area (Å²) in [6.45, 7) is 11.1. The van der Waals surface area contributed by atoms with Crippen molar-refractivity contribution in [3.63, 3.8) is 0 Å². The fourth-order valence-electron chi connectivity index (χ4n) is 9.77. The second kappa shape index (κ2) is 6.09. The van der Waals surface area contributed by atoms with Gasteiger partial charge < -0.3 is 4.74 Å². The Balaban J connectivity index is 1.49. The Morgan fingerprint density at radius 3 is 2.58 bits per heavy atom. The van der Waals surface area contributed by atoms with E-state index in [0.717, 1.165) is 42.1 Å². The van der Waals surface area contributed by atoms with Gasteiger partial charge in [-0.15, -0.1) is 0 Å². The molecule has 5 fully saturated rings. The molecule has 10 atom stereocenters. The Morgan fingerprint density at radius 1 is 1.08 bits per heavy atom. The average Bonchev–Trinajstić information content (AvgIpc) is 3.14. The van der Waals surface area contributed by atoms with E-state index in [-0.39, 0.29) is 0 Å². The molecule has 0 aliphatic heterocycles. The summed E-state index contributed by atoms with van der Waals surface area (Å²) in [5, 5.41) is 0. The van der Waals surface area contributed by atoms with Crippen molar-refractivity contribution in [1.29, 1.82) is 0 Å². The highest BCUT2D eigenvalue weighted by Gasteiger charge is 2.77. The molecule has 1 nitrogen and oxygen atoms in total. The van der Waals surface area contributed by atoms with Crippen LogP contribution in [-0.4, -0.2) is 17.1 Å². The summed E-state index contributed by atoms with van der Waals surface area (Å²) < 4.78 is 7.87. The molecule has 148 valence electrons. The van der Waals surface area contributed by atoms with Crippen molar-refractivity contribution in [1.82, 2.24) is 0 Å². The second-order valence-corrected chi connectivity index (χ2v) is 12.2. The highest BCUT2D eigenvalue weighted by Crippen LogP contribution is 2.82. The van der Waals surface area contributed by atoms with E-state index in [4.69, 9.17) is 4.74 Å². The van der Waals surface area contributed by atoms with E-state index in [1.54, 1.807) is 0 Å². The molecule has 0 aromatic rings. The third-order valence-corrected chi connectivity index (χ3v) is 12.3. The van der Waals surface area contributed by atoms with E-state index in [0.29, 0.717) is 22.3 Å². The second-order valence-electron chi connectivity index (χ2n) is 11.3. The molecule has 2 heteroatoms. The van der Waals surface area contributed by atoms with Crippen LogP contribution in [0.15, 0.2) is 0 Å². The quantitative estimate of drug-likeness (QED) is 0.327. The van der Waals surface area contributed by atoms with Gasteiger partial charge in [-0.1, -0.05) is 43.4 Å². The summed E-state index contributed by atoms with van der Waals surface area (Å²) in [5.41, 5.74) is 1.80. The summed E-state index contributed by atoms with van der Waals surface area (Å²) in [6.07, 6.45) is 12.5. The molecule has 0 unspecified atom stereocenters. The molecule has 0 N–H and O–H groups in total. The van der Waals surface area contributed by atoms with Gasteiger partial charge in [0.25, 0.3) is 0 Å². The van der Waals surface area contributed by atoms with E-state index in [9.17, 15) is 0 Å².